The molecule has 0 rings (SSSR count). The van der Waals surface area contributed by atoms with Gasteiger partial charge in [0.05, 0.1) is 6.61 Å². The molecule has 6 heteroatoms. The summed E-state index contributed by atoms with van der Waals surface area (Å²) in [5.41, 5.74) is 0. The Bertz CT molecular complexity index is 219. The second-order valence-corrected chi connectivity index (χ2v) is 4.58. The van der Waals surface area contributed by atoms with E-state index in [4.69, 9.17) is 4.55 Å². The van der Waals surface area contributed by atoms with E-state index in [1.165, 1.54) is 0 Å². The van der Waals surface area contributed by atoms with Crippen molar-refractivity contribution in [2.45, 2.75) is 39.5 Å². The third kappa shape index (κ3) is 15.3. The maximum absolute atomic E-state index is 10.1. The molecule has 0 aromatic carbocycles. The van der Waals surface area contributed by atoms with Gasteiger partial charge in [0, 0.05) is 0 Å². The summed E-state index contributed by atoms with van der Waals surface area (Å²) in [7, 11) is -4.23. The third-order valence-corrected chi connectivity index (χ3v) is 2.12. The van der Waals surface area contributed by atoms with Crippen molar-refractivity contribution in [2.24, 2.45) is 5.92 Å². The van der Waals surface area contributed by atoms with Gasteiger partial charge in [0.25, 0.3) is 0 Å². The Morgan fingerprint density at radius 2 is 1.86 bits per heavy atom. The normalized spacial score (nSPS) is 11.4. The summed E-state index contributed by atoms with van der Waals surface area (Å²) < 4.78 is 32.6. The van der Waals surface area contributed by atoms with Gasteiger partial charge in [-0.1, -0.05) is 33.1 Å². The van der Waals surface area contributed by atoms with Crippen LogP contribution in [-0.2, 0) is 14.6 Å². The minimum atomic E-state index is -4.23. The predicted octanol–water partition coefficient (Wildman–Crippen LogP) is -0.861. The topological polar surface area (TPSA) is 63.6 Å². The van der Waals surface area contributed by atoms with Gasteiger partial charge in [0.2, 0.25) is 0 Å². The summed E-state index contributed by atoms with van der Waals surface area (Å²) in [6, 6.07) is 0. The van der Waals surface area contributed by atoms with Crippen LogP contribution >= 0.6 is 0 Å². The van der Waals surface area contributed by atoms with E-state index in [1.54, 1.807) is 0 Å². The van der Waals surface area contributed by atoms with Crippen LogP contribution in [0.25, 0.3) is 0 Å². The molecule has 0 radical (unpaired) electrons. The number of hydrogen-bond acceptors (Lipinski definition) is 3. The van der Waals surface area contributed by atoms with Gasteiger partial charge in [-0.3, -0.25) is 4.55 Å². The summed E-state index contributed by atoms with van der Waals surface area (Å²) in [6.45, 7) is 4.38. The minimum absolute atomic E-state index is 0. The maximum atomic E-state index is 10.1. The molecule has 0 heterocycles. The monoisotopic (exact) mass is 234 g/mol. The number of hydrogen-bond donors (Lipinski definition) is 1. The van der Waals surface area contributed by atoms with Crippen molar-refractivity contribution in [1.82, 2.24) is 0 Å². The predicted molar refractivity (Wildman–Crippen MR) is 51.9 cm³/mol. The van der Waals surface area contributed by atoms with Gasteiger partial charge in [-0.25, -0.2) is 4.18 Å². The number of rotatable bonds is 7. The molecular formula is C8H19NaO4S. The first-order valence-corrected chi connectivity index (χ1v) is 5.90. The van der Waals surface area contributed by atoms with E-state index < -0.39 is 10.4 Å². The fourth-order valence-electron chi connectivity index (χ4n) is 0.996. The van der Waals surface area contributed by atoms with Crippen LogP contribution in [0.3, 0.4) is 0 Å². The largest absolute Gasteiger partial charge is 1.00 e. The molecule has 0 aliphatic heterocycles. The van der Waals surface area contributed by atoms with Crippen molar-refractivity contribution >= 4 is 10.4 Å². The van der Waals surface area contributed by atoms with Gasteiger partial charge < -0.3 is 1.43 Å². The molecular weight excluding hydrogens is 215 g/mol. The molecule has 0 saturated heterocycles. The van der Waals surface area contributed by atoms with Crippen LogP contribution in [0.5, 0.6) is 0 Å². The van der Waals surface area contributed by atoms with E-state index in [0.29, 0.717) is 12.3 Å². The van der Waals surface area contributed by atoms with E-state index in [1.807, 2.05) is 0 Å². The van der Waals surface area contributed by atoms with Crippen LogP contribution in [-0.4, -0.2) is 19.6 Å². The third-order valence-electron chi connectivity index (χ3n) is 1.66. The summed E-state index contributed by atoms with van der Waals surface area (Å²) in [5, 5.41) is 0. The fraction of sp³-hybridized carbons (Fsp3) is 1.00. The van der Waals surface area contributed by atoms with Crippen molar-refractivity contribution in [3.05, 3.63) is 0 Å². The molecule has 82 valence electrons. The van der Waals surface area contributed by atoms with Crippen molar-refractivity contribution in [1.29, 1.82) is 0 Å². The maximum Gasteiger partial charge on any atom is 1.00 e. The summed E-state index contributed by atoms with van der Waals surface area (Å²) in [4.78, 5) is 0. The van der Waals surface area contributed by atoms with Gasteiger partial charge in [0.15, 0.2) is 0 Å². The molecule has 0 bridgehead atoms. The molecule has 0 atom stereocenters. The fourth-order valence-corrected chi connectivity index (χ4v) is 1.32. The van der Waals surface area contributed by atoms with E-state index in [9.17, 15) is 8.42 Å². The second-order valence-electron chi connectivity index (χ2n) is 3.49. The van der Waals surface area contributed by atoms with Crippen LogP contribution in [0.4, 0.5) is 0 Å². The van der Waals surface area contributed by atoms with E-state index in [0.717, 1.165) is 19.3 Å². The molecule has 0 amide bonds. The van der Waals surface area contributed by atoms with Crippen LogP contribution in [0, 0.1) is 5.92 Å². The van der Waals surface area contributed by atoms with Gasteiger partial charge in [-0.05, 0) is 12.3 Å². The Balaban J connectivity index is -0.000000720. The molecule has 0 aromatic rings. The first-order valence-electron chi connectivity index (χ1n) is 4.53. The first kappa shape index (κ1) is 17.3. The summed E-state index contributed by atoms with van der Waals surface area (Å²) in [5.74, 6) is 0.683. The Labute approximate surface area is 110 Å². The molecule has 0 fully saturated rings. The Hall–Kier alpha value is 0.870. The Kier molecular flexibility index (Phi) is 11.3. The summed E-state index contributed by atoms with van der Waals surface area (Å²) in [6.07, 6.45) is 3.83. The SMILES string of the molecule is CC(C)CCCCCOS(=O)(=O)O.[H-].[Na+]. The second kappa shape index (κ2) is 9.12. The van der Waals surface area contributed by atoms with Crippen LogP contribution in [0.2, 0.25) is 0 Å². The van der Waals surface area contributed by atoms with E-state index in [-0.39, 0.29) is 37.6 Å². The van der Waals surface area contributed by atoms with E-state index >= 15 is 0 Å². The molecule has 1 N–H and O–H groups in total. The molecule has 0 unspecified atom stereocenters. The zero-order chi connectivity index (χ0) is 10.3. The molecule has 0 aliphatic rings. The molecule has 4 nitrogen and oxygen atoms in total. The molecule has 0 aromatic heterocycles. The van der Waals surface area contributed by atoms with Crippen LogP contribution in [0.15, 0.2) is 0 Å². The summed E-state index contributed by atoms with van der Waals surface area (Å²) >= 11 is 0. The molecule has 0 spiro atoms. The molecule has 14 heavy (non-hydrogen) atoms. The molecule has 0 saturated carbocycles. The zero-order valence-electron chi connectivity index (χ0n) is 10.2. The van der Waals surface area contributed by atoms with Crippen LogP contribution in [0.1, 0.15) is 41.0 Å². The standard InChI is InChI=1S/C8H18O4S.Na.H/c1-8(2)6-4-3-5-7-12-13(9,10)11;;/h8H,3-7H2,1-2H3,(H,9,10,11);;/q;+1;-1. The average Bonchev–Trinajstić information content (AvgIpc) is 1.93. The van der Waals surface area contributed by atoms with Crippen molar-refractivity contribution in [3.63, 3.8) is 0 Å². The number of unbranched alkanes of at least 4 members (excludes halogenated alkanes) is 2. The first-order chi connectivity index (χ1) is 5.92. The van der Waals surface area contributed by atoms with Gasteiger partial charge >= 0.3 is 40.0 Å². The zero-order valence-corrected chi connectivity index (χ0v) is 12.0. The quantitative estimate of drug-likeness (QED) is 0.354. The molecule has 0 aliphatic carbocycles. The van der Waals surface area contributed by atoms with Crippen molar-refractivity contribution in [2.75, 3.05) is 6.61 Å². The average molecular weight is 234 g/mol. The van der Waals surface area contributed by atoms with Gasteiger partial charge in [-0.2, -0.15) is 8.42 Å². The van der Waals surface area contributed by atoms with Crippen LogP contribution < -0.4 is 29.6 Å². The minimum Gasteiger partial charge on any atom is -1.00 e. The Morgan fingerprint density at radius 1 is 1.29 bits per heavy atom. The van der Waals surface area contributed by atoms with Gasteiger partial charge in [-0.15, -0.1) is 0 Å². The smallest absolute Gasteiger partial charge is 1.00 e. The van der Waals surface area contributed by atoms with Crippen molar-refractivity contribution in [3.8, 4) is 0 Å². The van der Waals surface area contributed by atoms with Crippen molar-refractivity contribution < 1.29 is 48.1 Å². The van der Waals surface area contributed by atoms with Gasteiger partial charge in [0.1, 0.15) is 0 Å². The Morgan fingerprint density at radius 3 is 2.29 bits per heavy atom. The van der Waals surface area contributed by atoms with E-state index in [2.05, 4.69) is 18.0 Å².